The molecule has 1 atom stereocenters. The Morgan fingerprint density at radius 2 is 2.22 bits per heavy atom. The molecule has 0 bridgehead atoms. The average molecular weight is 322 g/mol. The Kier molecular flexibility index (Phi) is 4.96. The molecule has 2 fully saturated rings. The largest absolute Gasteiger partial charge is 0.395 e. The van der Waals surface area contributed by atoms with Gasteiger partial charge in [0.25, 0.3) is 0 Å². The zero-order valence-electron chi connectivity index (χ0n) is 13.8. The molecule has 1 aromatic rings. The summed E-state index contributed by atoms with van der Waals surface area (Å²) in [5.41, 5.74) is 0.151. The van der Waals surface area contributed by atoms with Crippen LogP contribution in [0.3, 0.4) is 0 Å². The lowest BCUT2D eigenvalue weighted by molar-refractivity contribution is -0.140. The molecule has 1 N–H and O–H groups in total. The van der Waals surface area contributed by atoms with E-state index in [1.54, 1.807) is 0 Å². The molecule has 3 rings (SSSR count). The van der Waals surface area contributed by atoms with Gasteiger partial charge in [-0.05, 0) is 25.8 Å². The highest BCUT2D eigenvalue weighted by atomic mass is 16.5. The van der Waals surface area contributed by atoms with Crippen molar-refractivity contribution in [2.45, 2.75) is 45.6 Å². The maximum atomic E-state index is 12.0. The van der Waals surface area contributed by atoms with Crippen LogP contribution in [0.15, 0.2) is 4.52 Å². The molecular formula is C16H26N4O3. The van der Waals surface area contributed by atoms with Crippen LogP contribution in [-0.2, 0) is 17.8 Å². The highest BCUT2D eigenvalue weighted by Crippen LogP contribution is 2.39. The van der Waals surface area contributed by atoms with Gasteiger partial charge in [-0.25, -0.2) is 0 Å². The van der Waals surface area contributed by atoms with Crippen LogP contribution in [0.2, 0.25) is 0 Å². The monoisotopic (exact) mass is 322 g/mol. The van der Waals surface area contributed by atoms with Crippen molar-refractivity contribution in [1.29, 1.82) is 0 Å². The van der Waals surface area contributed by atoms with E-state index < -0.39 is 0 Å². The molecule has 0 saturated carbocycles. The number of hydrogen-bond acceptors (Lipinski definition) is 6. The van der Waals surface area contributed by atoms with E-state index in [9.17, 15) is 4.79 Å². The standard InChI is InChI=1S/C16H26N4O3/c1-2-14-17-13(18-23-14)10-19-7-3-5-16(11-19)6-4-15(22)20(12-16)8-9-21/h21H,2-12H2,1H3. The second-order valence-corrected chi connectivity index (χ2v) is 6.81. The fourth-order valence-corrected chi connectivity index (χ4v) is 3.90. The number of aliphatic hydroxyl groups is 1. The first-order valence-electron chi connectivity index (χ1n) is 8.56. The van der Waals surface area contributed by atoms with Gasteiger partial charge in [-0.15, -0.1) is 0 Å². The lowest BCUT2D eigenvalue weighted by atomic mass is 9.73. The van der Waals surface area contributed by atoms with Gasteiger partial charge in [-0.3, -0.25) is 9.69 Å². The lowest BCUT2D eigenvalue weighted by Gasteiger charge is -2.48. The summed E-state index contributed by atoms with van der Waals surface area (Å²) in [7, 11) is 0. The summed E-state index contributed by atoms with van der Waals surface area (Å²) in [5, 5.41) is 13.2. The zero-order valence-corrected chi connectivity index (χ0v) is 13.8. The molecule has 23 heavy (non-hydrogen) atoms. The quantitative estimate of drug-likeness (QED) is 0.864. The molecule has 2 aliphatic rings. The lowest BCUT2D eigenvalue weighted by Crippen LogP contribution is -2.54. The van der Waals surface area contributed by atoms with Gasteiger partial charge >= 0.3 is 0 Å². The van der Waals surface area contributed by atoms with Crippen molar-refractivity contribution >= 4 is 5.91 Å². The smallest absolute Gasteiger partial charge is 0.226 e. The highest BCUT2D eigenvalue weighted by molar-refractivity contribution is 5.77. The summed E-state index contributed by atoms with van der Waals surface area (Å²) in [4.78, 5) is 20.6. The number of nitrogens with zero attached hydrogens (tertiary/aromatic N) is 4. The zero-order chi connectivity index (χ0) is 16.3. The Labute approximate surface area is 136 Å². The van der Waals surface area contributed by atoms with Crippen molar-refractivity contribution in [2.24, 2.45) is 5.41 Å². The molecule has 1 aromatic heterocycles. The van der Waals surface area contributed by atoms with Crippen molar-refractivity contribution in [1.82, 2.24) is 19.9 Å². The van der Waals surface area contributed by atoms with E-state index in [0.717, 1.165) is 51.1 Å². The van der Waals surface area contributed by atoms with E-state index in [0.29, 0.717) is 25.4 Å². The first kappa shape index (κ1) is 16.4. The molecule has 2 saturated heterocycles. The van der Waals surface area contributed by atoms with Crippen LogP contribution in [0.1, 0.15) is 44.3 Å². The van der Waals surface area contributed by atoms with Crippen LogP contribution in [0, 0.1) is 5.41 Å². The maximum Gasteiger partial charge on any atom is 0.226 e. The topological polar surface area (TPSA) is 82.7 Å². The van der Waals surface area contributed by atoms with Gasteiger partial charge in [-0.1, -0.05) is 12.1 Å². The fraction of sp³-hybridized carbons (Fsp3) is 0.812. The number of likely N-dealkylation sites (tertiary alicyclic amines) is 2. The molecule has 1 unspecified atom stereocenters. The third kappa shape index (κ3) is 3.72. The first-order valence-corrected chi connectivity index (χ1v) is 8.56. The Morgan fingerprint density at radius 1 is 1.35 bits per heavy atom. The minimum absolute atomic E-state index is 0.0359. The molecule has 0 aliphatic carbocycles. The van der Waals surface area contributed by atoms with Gasteiger partial charge in [0.15, 0.2) is 5.82 Å². The maximum absolute atomic E-state index is 12.0. The second-order valence-electron chi connectivity index (χ2n) is 6.81. The first-order chi connectivity index (χ1) is 11.1. The van der Waals surface area contributed by atoms with E-state index >= 15 is 0 Å². The van der Waals surface area contributed by atoms with Crippen LogP contribution in [-0.4, -0.2) is 63.7 Å². The molecule has 128 valence electrons. The Balaban J connectivity index is 1.64. The van der Waals surface area contributed by atoms with Gasteiger partial charge < -0.3 is 14.5 Å². The molecular weight excluding hydrogens is 296 g/mol. The van der Waals surface area contributed by atoms with Crippen LogP contribution >= 0.6 is 0 Å². The van der Waals surface area contributed by atoms with Gasteiger partial charge in [0.1, 0.15) is 0 Å². The number of aryl methyl sites for hydroxylation is 1. The predicted octanol–water partition coefficient (Wildman–Crippen LogP) is 0.829. The van der Waals surface area contributed by atoms with Crippen LogP contribution < -0.4 is 0 Å². The second kappa shape index (κ2) is 6.97. The van der Waals surface area contributed by atoms with Crippen molar-refractivity contribution in [2.75, 3.05) is 32.8 Å². The van der Waals surface area contributed by atoms with E-state index in [1.165, 1.54) is 0 Å². The van der Waals surface area contributed by atoms with Crippen LogP contribution in [0.25, 0.3) is 0 Å². The van der Waals surface area contributed by atoms with E-state index in [2.05, 4.69) is 15.0 Å². The highest BCUT2D eigenvalue weighted by Gasteiger charge is 2.41. The number of β-amino-alcohol motifs (C(OH)–C–C–N with tert-alkyl or cyclic N) is 1. The number of carbonyl (C=O) groups excluding carboxylic acids is 1. The number of aliphatic hydroxyl groups excluding tert-OH is 1. The number of hydrogen-bond donors (Lipinski definition) is 1. The Hall–Kier alpha value is -1.47. The third-order valence-corrected chi connectivity index (χ3v) is 5.04. The molecule has 0 aromatic carbocycles. The van der Waals surface area contributed by atoms with E-state index in [4.69, 9.17) is 9.63 Å². The molecule has 0 radical (unpaired) electrons. The SMILES string of the molecule is CCc1nc(CN2CCCC3(CCC(=O)N(CCO)C3)C2)no1. The van der Waals surface area contributed by atoms with Crippen LogP contribution in [0.5, 0.6) is 0 Å². The Morgan fingerprint density at radius 3 is 2.96 bits per heavy atom. The van der Waals surface area contributed by atoms with E-state index in [-0.39, 0.29) is 17.9 Å². The number of amides is 1. The van der Waals surface area contributed by atoms with Crippen molar-refractivity contribution in [3.8, 4) is 0 Å². The molecule has 7 heteroatoms. The summed E-state index contributed by atoms with van der Waals surface area (Å²) in [6.45, 7) is 5.94. The van der Waals surface area contributed by atoms with Crippen molar-refractivity contribution in [3.05, 3.63) is 11.7 Å². The average Bonchev–Trinajstić information content (AvgIpc) is 2.99. The van der Waals surface area contributed by atoms with Gasteiger partial charge in [-0.2, -0.15) is 4.98 Å². The number of rotatable bonds is 5. The summed E-state index contributed by atoms with van der Waals surface area (Å²) < 4.78 is 5.19. The number of carbonyl (C=O) groups is 1. The molecule has 3 heterocycles. The van der Waals surface area contributed by atoms with E-state index in [1.807, 2.05) is 11.8 Å². The number of piperidine rings is 2. The van der Waals surface area contributed by atoms with Crippen molar-refractivity contribution < 1.29 is 14.4 Å². The van der Waals surface area contributed by atoms with Crippen molar-refractivity contribution in [3.63, 3.8) is 0 Å². The third-order valence-electron chi connectivity index (χ3n) is 5.04. The summed E-state index contributed by atoms with van der Waals surface area (Å²) in [6.07, 6.45) is 4.56. The summed E-state index contributed by atoms with van der Waals surface area (Å²) in [5.74, 6) is 1.61. The normalized spacial score (nSPS) is 26.2. The summed E-state index contributed by atoms with van der Waals surface area (Å²) in [6, 6.07) is 0. The predicted molar refractivity (Wildman–Crippen MR) is 83.5 cm³/mol. The minimum Gasteiger partial charge on any atom is -0.395 e. The molecule has 1 spiro atoms. The Bertz CT molecular complexity index is 547. The fourth-order valence-electron chi connectivity index (χ4n) is 3.90. The molecule has 2 aliphatic heterocycles. The minimum atomic E-state index is 0.0359. The van der Waals surface area contributed by atoms with Gasteiger partial charge in [0, 0.05) is 37.9 Å². The van der Waals surface area contributed by atoms with Gasteiger partial charge in [0.05, 0.1) is 13.2 Å². The number of aromatic nitrogens is 2. The summed E-state index contributed by atoms with van der Waals surface area (Å²) >= 11 is 0. The van der Waals surface area contributed by atoms with Gasteiger partial charge in [0.2, 0.25) is 11.8 Å². The molecule has 1 amide bonds. The molecule has 7 nitrogen and oxygen atoms in total. The van der Waals surface area contributed by atoms with Crippen LogP contribution in [0.4, 0.5) is 0 Å².